The maximum atomic E-state index is 12.9. The SMILES string of the molecule is Cc1nn(C)c2sc(C(=O)N3CCCC(c4ccn[nH]4)C3)cc12. The van der Waals surface area contributed by atoms with E-state index in [0.717, 1.165) is 52.4 Å². The summed E-state index contributed by atoms with van der Waals surface area (Å²) in [5.74, 6) is 0.489. The molecule has 6 nitrogen and oxygen atoms in total. The van der Waals surface area contributed by atoms with Gasteiger partial charge in [0, 0.05) is 43.3 Å². The Hall–Kier alpha value is -2.15. The lowest BCUT2D eigenvalue weighted by molar-refractivity contribution is 0.0711. The van der Waals surface area contributed by atoms with Gasteiger partial charge in [0.25, 0.3) is 5.91 Å². The van der Waals surface area contributed by atoms with Crippen molar-refractivity contribution in [2.45, 2.75) is 25.7 Å². The van der Waals surface area contributed by atoms with Gasteiger partial charge in [-0.25, -0.2) is 0 Å². The minimum Gasteiger partial charge on any atom is -0.337 e. The quantitative estimate of drug-likeness (QED) is 0.786. The Balaban J connectivity index is 1.58. The lowest BCUT2D eigenvalue weighted by atomic mass is 9.95. The maximum absolute atomic E-state index is 12.9. The summed E-state index contributed by atoms with van der Waals surface area (Å²) in [6.45, 7) is 3.57. The van der Waals surface area contributed by atoms with Crippen molar-refractivity contribution in [1.29, 1.82) is 0 Å². The molecule has 0 bridgehead atoms. The summed E-state index contributed by atoms with van der Waals surface area (Å²) in [6, 6.07) is 4.00. The summed E-state index contributed by atoms with van der Waals surface area (Å²) in [5, 5.41) is 12.6. The van der Waals surface area contributed by atoms with Gasteiger partial charge < -0.3 is 4.90 Å². The molecule has 1 aliphatic rings. The molecule has 1 amide bonds. The molecule has 3 aromatic rings. The Morgan fingerprint density at radius 2 is 2.35 bits per heavy atom. The lowest BCUT2D eigenvalue weighted by Crippen LogP contribution is -2.38. The van der Waals surface area contributed by atoms with Gasteiger partial charge in [0.15, 0.2) is 0 Å². The Bertz CT molecular complexity index is 813. The van der Waals surface area contributed by atoms with E-state index in [9.17, 15) is 4.79 Å². The van der Waals surface area contributed by atoms with Crippen LogP contribution in [0.3, 0.4) is 0 Å². The highest BCUT2D eigenvalue weighted by Gasteiger charge is 2.27. The average molecular weight is 329 g/mol. The molecule has 1 fully saturated rings. The van der Waals surface area contributed by atoms with Crippen LogP contribution in [0.1, 0.15) is 39.8 Å². The number of hydrogen-bond donors (Lipinski definition) is 1. The number of nitrogens with one attached hydrogen (secondary N) is 1. The van der Waals surface area contributed by atoms with E-state index in [-0.39, 0.29) is 5.91 Å². The zero-order valence-electron chi connectivity index (χ0n) is 13.2. The smallest absolute Gasteiger partial charge is 0.264 e. The van der Waals surface area contributed by atoms with Crippen LogP contribution in [-0.4, -0.2) is 43.9 Å². The zero-order chi connectivity index (χ0) is 16.0. The summed E-state index contributed by atoms with van der Waals surface area (Å²) in [4.78, 5) is 16.7. The second-order valence-corrected chi connectivity index (χ2v) is 7.17. The van der Waals surface area contributed by atoms with Crippen LogP contribution in [0.4, 0.5) is 0 Å². The van der Waals surface area contributed by atoms with Crippen LogP contribution < -0.4 is 0 Å². The number of aryl methyl sites for hydroxylation is 2. The number of rotatable bonds is 2. The molecule has 0 saturated carbocycles. The van der Waals surface area contributed by atoms with Gasteiger partial charge in [-0.3, -0.25) is 14.6 Å². The van der Waals surface area contributed by atoms with Gasteiger partial charge in [-0.05, 0) is 31.9 Å². The van der Waals surface area contributed by atoms with Crippen molar-refractivity contribution in [2.24, 2.45) is 7.05 Å². The number of hydrogen-bond acceptors (Lipinski definition) is 4. The number of nitrogens with zero attached hydrogens (tertiary/aromatic N) is 4. The number of likely N-dealkylation sites (tertiary alicyclic amines) is 1. The van der Waals surface area contributed by atoms with Crippen LogP contribution in [0.2, 0.25) is 0 Å². The molecule has 120 valence electrons. The third kappa shape index (κ3) is 2.45. The zero-order valence-corrected chi connectivity index (χ0v) is 14.1. The lowest BCUT2D eigenvalue weighted by Gasteiger charge is -2.31. The summed E-state index contributed by atoms with van der Waals surface area (Å²) in [6.07, 6.45) is 3.90. The number of thiophene rings is 1. The van der Waals surface area contributed by atoms with Crippen LogP contribution in [-0.2, 0) is 7.05 Å². The molecule has 0 radical (unpaired) electrons. The van der Waals surface area contributed by atoms with Gasteiger partial charge in [0.2, 0.25) is 0 Å². The molecule has 1 unspecified atom stereocenters. The number of piperidine rings is 1. The van der Waals surface area contributed by atoms with Crippen LogP contribution in [0, 0.1) is 6.92 Å². The molecule has 1 N–H and O–H groups in total. The molecule has 0 aromatic carbocycles. The number of carbonyl (C=O) groups excluding carboxylic acids is 1. The molecule has 1 saturated heterocycles. The summed E-state index contributed by atoms with van der Waals surface area (Å²) in [5.41, 5.74) is 2.10. The van der Waals surface area contributed by atoms with Crippen LogP contribution >= 0.6 is 11.3 Å². The number of carbonyl (C=O) groups is 1. The van der Waals surface area contributed by atoms with E-state index in [1.54, 1.807) is 6.20 Å². The molecule has 1 atom stereocenters. The Morgan fingerprint density at radius 3 is 3.09 bits per heavy atom. The van der Waals surface area contributed by atoms with Crippen molar-refractivity contribution in [3.63, 3.8) is 0 Å². The highest BCUT2D eigenvalue weighted by Crippen LogP contribution is 2.31. The Labute approximate surface area is 138 Å². The molecule has 7 heteroatoms. The summed E-state index contributed by atoms with van der Waals surface area (Å²) in [7, 11) is 1.93. The standard InChI is InChI=1S/C16H19N5OS/c1-10-12-8-14(23-16(12)20(2)19-10)15(22)21-7-3-4-11(9-21)13-5-6-17-18-13/h5-6,8,11H,3-4,7,9H2,1-2H3,(H,17,18). The fourth-order valence-corrected chi connectivity index (χ4v) is 4.47. The molecule has 1 aliphatic heterocycles. The van der Waals surface area contributed by atoms with Crippen molar-refractivity contribution >= 4 is 27.5 Å². The highest BCUT2D eigenvalue weighted by atomic mass is 32.1. The van der Waals surface area contributed by atoms with Crippen LogP contribution in [0.5, 0.6) is 0 Å². The van der Waals surface area contributed by atoms with Crippen LogP contribution in [0.15, 0.2) is 18.3 Å². The van der Waals surface area contributed by atoms with Gasteiger partial charge >= 0.3 is 0 Å². The predicted molar refractivity (Wildman–Crippen MR) is 89.8 cm³/mol. The number of amides is 1. The molecule has 0 spiro atoms. The Morgan fingerprint density at radius 1 is 1.48 bits per heavy atom. The topological polar surface area (TPSA) is 66.8 Å². The van der Waals surface area contributed by atoms with Crippen molar-refractivity contribution in [3.8, 4) is 0 Å². The van der Waals surface area contributed by atoms with Crippen molar-refractivity contribution in [2.75, 3.05) is 13.1 Å². The third-order valence-electron chi connectivity index (χ3n) is 4.58. The van der Waals surface area contributed by atoms with E-state index < -0.39 is 0 Å². The maximum Gasteiger partial charge on any atom is 0.264 e. The fourth-order valence-electron chi connectivity index (χ4n) is 3.38. The van der Waals surface area contributed by atoms with Gasteiger partial charge in [0.1, 0.15) is 4.83 Å². The number of H-pyrrole nitrogens is 1. The largest absolute Gasteiger partial charge is 0.337 e. The average Bonchev–Trinajstić information content (AvgIpc) is 3.27. The van der Waals surface area contributed by atoms with Crippen molar-refractivity contribution in [3.05, 3.63) is 34.6 Å². The molecule has 4 heterocycles. The van der Waals surface area contributed by atoms with Gasteiger partial charge in [-0.1, -0.05) is 0 Å². The minimum atomic E-state index is 0.134. The van der Waals surface area contributed by atoms with Gasteiger partial charge in [-0.15, -0.1) is 11.3 Å². The van der Waals surface area contributed by atoms with Crippen LogP contribution in [0.25, 0.3) is 10.2 Å². The number of aromatic nitrogens is 4. The van der Waals surface area contributed by atoms with E-state index in [1.807, 2.05) is 35.7 Å². The monoisotopic (exact) mass is 329 g/mol. The highest BCUT2D eigenvalue weighted by molar-refractivity contribution is 7.20. The Kier molecular flexibility index (Phi) is 3.45. The van der Waals surface area contributed by atoms with E-state index >= 15 is 0 Å². The second kappa shape index (κ2) is 5.49. The van der Waals surface area contributed by atoms with Crippen molar-refractivity contribution < 1.29 is 4.79 Å². The molecular formula is C16H19N5OS. The summed E-state index contributed by atoms with van der Waals surface area (Å²) < 4.78 is 1.86. The third-order valence-corrected chi connectivity index (χ3v) is 5.77. The predicted octanol–water partition coefficient (Wildman–Crippen LogP) is 2.69. The van der Waals surface area contributed by atoms with E-state index in [1.165, 1.54) is 11.3 Å². The first-order valence-electron chi connectivity index (χ1n) is 7.85. The second-order valence-electron chi connectivity index (χ2n) is 6.14. The molecular weight excluding hydrogens is 310 g/mol. The molecule has 3 aromatic heterocycles. The fraction of sp³-hybridized carbons (Fsp3) is 0.438. The normalized spacial score (nSPS) is 18.7. The van der Waals surface area contributed by atoms with Crippen molar-refractivity contribution in [1.82, 2.24) is 24.9 Å². The van der Waals surface area contributed by atoms with E-state index in [4.69, 9.17) is 0 Å². The van der Waals surface area contributed by atoms with Gasteiger partial charge in [0.05, 0.1) is 10.6 Å². The molecule has 23 heavy (non-hydrogen) atoms. The first-order valence-corrected chi connectivity index (χ1v) is 8.67. The molecule has 4 rings (SSSR count). The molecule has 0 aliphatic carbocycles. The minimum absolute atomic E-state index is 0.134. The first-order chi connectivity index (χ1) is 11.1. The van der Waals surface area contributed by atoms with E-state index in [2.05, 4.69) is 15.3 Å². The van der Waals surface area contributed by atoms with E-state index in [0.29, 0.717) is 5.92 Å². The first kappa shape index (κ1) is 14.4. The van der Waals surface area contributed by atoms with Gasteiger partial charge in [-0.2, -0.15) is 10.2 Å². The summed E-state index contributed by atoms with van der Waals surface area (Å²) >= 11 is 1.53. The number of fused-ring (bicyclic) bond motifs is 1. The number of aromatic amines is 1.